The van der Waals surface area contributed by atoms with Gasteiger partial charge in [0.1, 0.15) is 0 Å². The van der Waals surface area contributed by atoms with Crippen LogP contribution < -0.4 is 5.32 Å². The van der Waals surface area contributed by atoms with Crippen molar-refractivity contribution in [2.24, 2.45) is 5.92 Å². The maximum atomic E-state index is 5.46. The molecule has 1 N–H and O–H groups in total. The average Bonchev–Trinajstić information content (AvgIpc) is 2.12. The van der Waals surface area contributed by atoms with Crippen LogP contribution in [0.1, 0.15) is 13.8 Å². The van der Waals surface area contributed by atoms with Crippen molar-refractivity contribution < 1.29 is 13.3 Å². The van der Waals surface area contributed by atoms with Gasteiger partial charge in [-0.1, -0.05) is 13.8 Å². The van der Waals surface area contributed by atoms with Crippen LogP contribution in [0, 0.1) is 5.92 Å². The Balaban J connectivity index is 3.50. The van der Waals surface area contributed by atoms with Crippen molar-refractivity contribution in [3.05, 3.63) is 0 Å². The third-order valence-electron chi connectivity index (χ3n) is 1.73. The third kappa shape index (κ3) is 6.17. The molecule has 0 saturated heterocycles. The summed E-state index contributed by atoms with van der Waals surface area (Å²) in [5.74, 6) is 0.626. The van der Waals surface area contributed by atoms with Gasteiger partial charge in [0.15, 0.2) is 0 Å². The van der Waals surface area contributed by atoms with E-state index in [4.69, 9.17) is 13.3 Å². The van der Waals surface area contributed by atoms with E-state index in [-0.39, 0.29) is 0 Å². The molecule has 0 spiro atoms. The highest BCUT2D eigenvalue weighted by Gasteiger charge is 2.31. The molecule has 80 valence electrons. The lowest BCUT2D eigenvalue weighted by Gasteiger charge is -2.22. The Bertz CT molecular complexity index is 129. The molecule has 0 heterocycles. The molecule has 0 unspecified atom stereocenters. The molecular weight excluding hydrogens is 186 g/mol. The van der Waals surface area contributed by atoms with Crippen LogP contribution in [-0.4, -0.2) is 36.3 Å². The lowest BCUT2D eigenvalue weighted by Crippen LogP contribution is -2.43. The minimum absolute atomic E-state index is 0.489. The predicted molar refractivity (Wildman–Crippen MR) is 54.4 cm³/mol. The van der Waals surface area contributed by atoms with Crippen LogP contribution in [0.2, 0.25) is 6.55 Å². The first-order valence-corrected chi connectivity index (χ1v) is 6.71. The number of nitrogens with one attached hydrogen (secondary N) is 1. The van der Waals surface area contributed by atoms with Crippen LogP contribution in [0.15, 0.2) is 0 Å². The number of hydrogen-bond acceptors (Lipinski definition) is 4. The number of rotatable bonds is 7. The van der Waals surface area contributed by atoms with Gasteiger partial charge >= 0.3 is 8.80 Å². The molecular formula is C8H21NO3Si. The minimum atomic E-state index is -2.33. The van der Waals surface area contributed by atoms with Crippen molar-refractivity contribution in [1.82, 2.24) is 5.32 Å². The van der Waals surface area contributed by atoms with Crippen molar-refractivity contribution in [1.29, 1.82) is 0 Å². The maximum Gasteiger partial charge on any atom is 0.498 e. The van der Waals surface area contributed by atoms with E-state index in [0.717, 1.165) is 6.54 Å². The topological polar surface area (TPSA) is 39.7 Å². The molecule has 0 aromatic heterocycles. The first-order valence-electron chi connectivity index (χ1n) is 4.49. The van der Waals surface area contributed by atoms with Crippen molar-refractivity contribution in [3.8, 4) is 0 Å². The van der Waals surface area contributed by atoms with Gasteiger partial charge in [0.05, 0.1) is 6.73 Å². The van der Waals surface area contributed by atoms with Gasteiger partial charge in [-0.15, -0.1) is 0 Å². The molecule has 0 radical (unpaired) electrons. The SMILES string of the molecule is CO[Si](C)(OC)OCNCC(C)C. The van der Waals surface area contributed by atoms with Gasteiger partial charge in [-0.3, -0.25) is 5.32 Å². The normalized spacial score (nSPS) is 12.5. The van der Waals surface area contributed by atoms with E-state index in [1.807, 2.05) is 6.55 Å². The van der Waals surface area contributed by atoms with Crippen LogP contribution >= 0.6 is 0 Å². The summed E-state index contributed by atoms with van der Waals surface area (Å²) in [6.45, 7) is 7.59. The fourth-order valence-electron chi connectivity index (χ4n) is 0.731. The molecule has 0 amide bonds. The predicted octanol–water partition coefficient (Wildman–Crippen LogP) is 1.07. The first-order chi connectivity index (χ1) is 6.04. The lowest BCUT2D eigenvalue weighted by atomic mass is 10.2. The zero-order valence-corrected chi connectivity index (χ0v) is 10.2. The van der Waals surface area contributed by atoms with Crippen LogP contribution in [-0.2, 0) is 13.3 Å². The van der Waals surface area contributed by atoms with Gasteiger partial charge < -0.3 is 13.3 Å². The van der Waals surface area contributed by atoms with Crippen molar-refractivity contribution in [3.63, 3.8) is 0 Å². The summed E-state index contributed by atoms with van der Waals surface area (Å²) >= 11 is 0. The highest BCUT2D eigenvalue weighted by Crippen LogP contribution is 2.04. The minimum Gasteiger partial charge on any atom is -0.377 e. The van der Waals surface area contributed by atoms with Gasteiger partial charge in [-0.05, 0) is 12.5 Å². The Morgan fingerprint density at radius 1 is 1.23 bits per heavy atom. The molecule has 0 aromatic carbocycles. The van der Waals surface area contributed by atoms with Crippen LogP contribution in [0.25, 0.3) is 0 Å². The lowest BCUT2D eigenvalue weighted by molar-refractivity contribution is 0.0962. The van der Waals surface area contributed by atoms with E-state index in [2.05, 4.69) is 19.2 Å². The van der Waals surface area contributed by atoms with Crippen molar-refractivity contribution in [2.45, 2.75) is 20.4 Å². The summed E-state index contributed by atoms with van der Waals surface area (Å²) in [5.41, 5.74) is 0. The molecule has 0 atom stereocenters. The second kappa shape index (κ2) is 6.50. The summed E-state index contributed by atoms with van der Waals surface area (Å²) < 4.78 is 15.8. The molecule has 5 heteroatoms. The van der Waals surface area contributed by atoms with Gasteiger partial charge in [0, 0.05) is 20.8 Å². The molecule has 0 saturated carbocycles. The second-order valence-corrected chi connectivity index (χ2v) is 6.24. The second-order valence-electron chi connectivity index (χ2n) is 3.41. The maximum absolute atomic E-state index is 5.46. The van der Waals surface area contributed by atoms with E-state index in [1.165, 1.54) is 0 Å². The smallest absolute Gasteiger partial charge is 0.377 e. The quantitative estimate of drug-likeness (QED) is 0.385. The van der Waals surface area contributed by atoms with Crippen LogP contribution in [0.5, 0.6) is 0 Å². The molecule has 0 aliphatic carbocycles. The molecule has 0 rings (SSSR count). The zero-order chi connectivity index (χ0) is 10.3. The fourth-order valence-corrected chi connectivity index (χ4v) is 1.50. The molecule has 0 aromatic rings. The van der Waals surface area contributed by atoms with Crippen molar-refractivity contribution >= 4 is 8.80 Å². The summed E-state index contributed by atoms with van der Waals surface area (Å²) in [5, 5.41) is 3.16. The Labute approximate surface area is 81.9 Å². The first kappa shape index (κ1) is 13.1. The van der Waals surface area contributed by atoms with Gasteiger partial charge in [-0.25, -0.2) is 0 Å². The molecule has 13 heavy (non-hydrogen) atoms. The van der Waals surface area contributed by atoms with E-state index in [9.17, 15) is 0 Å². The molecule has 0 bridgehead atoms. The zero-order valence-electron chi connectivity index (χ0n) is 9.22. The number of hydrogen-bond donors (Lipinski definition) is 1. The monoisotopic (exact) mass is 207 g/mol. The van der Waals surface area contributed by atoms with E-state index in [1.54, 1.807) is 14.2 Å². The van der Waals surface area contributed by atoms with Crippen LogP contribution in [0.3, 0.4) is 0 Å². The fraction of sp³-hybridized carbons (Fsp3) is 1.00. The van der Waals surface area contributed by atoms with Gasteiger partial charge in [0.2, 0.25) is 0 Å². The summed E-state index contributed by atoms with van der Waals surface area (Å²) in [4.78, 5) is 0. The van der Waals surface area contributed by atoms with E-state index >= 15 is 0 Å². The average molecular weight is 207 g/mol. The highest BCUT2D eigenvalue weighted by molar-refractivity contribution is 6.59. The summed E-state index contributed by atoms with van der Waals surface area (Å²) in [6, 6.07) is 0. The van der Waals surface area contributed by atoms with Gasteiger partial charge in [-0.2, -0.15) is 0 Å². The van der Waals surface area contributed by atoms with E-state index in [0.29, 0.717) is 12.6 Å². The molecule has 0 aliphatic heterocycles. The molecule has 0 aliphatic rings. The Hall–Kier alpha value is 0.0569. The Kier molecular flexibility index (Phi) is 6.53. The van der Waals surface area contributed by atoms with Crippen molar-refractivity contribution in [2.75, 3.05) is 27.5 Å². The highest BCUT2D eigenvalue weighted by atomic mass is 28.4. The van der Waals surface area contributed by atoms with E-state index < -0.39 is 8.80 Å². The Morgan fingerprint density at radius 3 is 2.15 bits per heavy atom. The van der Waals surface area contributed by atoms with Crippen LogP contribution in [0.4, 0.5) is 0 Å². The standard InChI is InChI=1S/C8H21NO3Si/c1-8(2)6-9-7-12-13(5,10-3)11-4/h8-9H,6-7H2,1-5H3. The molecule has 4 nitrogen and oxygen atoms in total. The third-order valence-corrected chi connectivity index (χ3v) is 3.88. The molecule has 0 fully saturated rings. The van der Waals surface area contributed by atoms with Gasteiger partial charge in [0.25, 0.3) is 0 Å². The summed E-state index contributed by atoms with van der Waals surface area (Å²) in [6.07, 6.45) is 0. The largest absolute Gasteiger partial charge is 0.498 e. The summed E-state index contributed by atoms with van der Waals surface area (Å²) in [7, 11) is 0.887. The Morgan fingerprint density at radius 2 is 1.77 bits per heavy atom.